The van der Waals surface area contributed by atoms with Crippen LogP contribution in [0.5, 0.6) is 5.75 Å². The standard InChI is InChI=1S/C24H32N4O3/c1-17-13-18(2)24(19(3)14-17)25-22(30)15-26(4)16-23(31)28-11-9-27(10-12-28)20-5-7-21(29)8-6-20/h5-8,13-14,29H,9-12,15-16H2,1-4H3,(H,25,30). The average Bonchev–Trinajstić information content (AvgIpc) is 2.71. The van der Waals surface area contributed by atoms with Gasteiger partial charge in [0, 0.05) is 37.6 Å². The van der Waals surface area contributed by atoms with Crippen molar-refractivity contribution in [3.05, 3.63) is 53.1 Å². The van der Waals surface area contributed by atoms with Gasteiger partial charge in [-0.3, -0.25) is 14.5 Å². The van der Waals surface area contributed by atoms with Crippen molar-refractivity contribution in [2.24, 2.45) is 0 Å². The van der Waals surface area contributed by atoms with E-state index in [9.17, 15) is 14.7 Å². The van der Waals surface area contributed by atoms with Crippen molar-refractivity contribution in [2.45, 2.75) is 20.8 Å². The van der Waals surface area contributed by atoms with Crippen molar-refractivity contribution in [1.29, 1.82) is 0 Å². The third-order valence-corrected chi connectivity index (χ3v) is 5.61. The predicted molar refractivity (Wildman–Crippen MR) is 124 cm³/mol. The summed E-state index contributed by atoms with van der Waals surface area (Å²) in [4.78, 5) is 31.0. The highest BCUT2D eigenvalue weighted by molar-refractivity contribution is 5.94. The minimum Gasteiger partial charge on any atom is -0.508 e. The highest BCUT2D eigenvalue weighted by Crippen LogP contribution is 2.22. The smallest absolute Gasteiger partial charge is 0.238 e. The van der Waals surface area contributed by atoms with Gasteiger partial charge in [-0.1, -0.05) is 17.7 Å². The number of carbonyl (C=O) groups is 2. The van der Waals surface area contributed by atoms with E-state index in [0.717, 1.165) is 35.6 Å². The third kappa shape index (κ3) is 5.98. The topological polar surface area (TPSA) is 76.1 Å². The molecule has 2 N–H and O–H groups in total. The van der Waals surface area contributed by atoms with Crippen molar-refractivity contribution in [1.82, 2.24) is 9.80 Å². The summed E-state index contributed by atoms with van der Waals surface area (Å²) in [6, 6.07) is 11.2. The molecular weight excluding hydrogens is 392 g/mol. The molecule has 2 amide bonds. The SMILES string of the molecule is Cc1cc(C)c(NC(=O)CN(C)CC(=O)N2CCN(c3ccc(O)cc3)CC2)c(C)c1. The first-order valence-electron chi connectivity index (χ1n) is 10.6. The van der Waals surface area contributed by atoms with Crippen LogP contribution in [0.15, 0.2) is 36.4 Å². The lowest BCUT2D eigenvalue weighted by Gasteiger charge is -2.36. The molecule has 0 unspecified atom stereocenters. The molecule has 2 aromatic carbocycles. The summed E-state index contributed by atoms with van der Waals surface area (Å²) in [6.45, 7) is 9.14. The summed E-state index contributed by atoms with van der Waals surface area (Å²) >= 11 is 0. The Hall–Kier alpha value is -3.06. The molecule has 0 bridgehead atoms. The van der Waals surface area contributed by atoms with Gasteiger partial charge in [-0.2, -0.15) is 0 Å². The number of hydrogen-bond donors (Lipinski definition) is 2. The number of anilines is 2. The maximum Gasteiger partial charge on any atom is 0.238 e. The van der Waals surface area contributed by atoms with Crippen LogP contribution in [0.3, 0.4) is 0 Å². The number of phenols is 1. The van der Waals surface area contributed by atoms with Crippen molar-refractivity contribution in [2.75, 3.05) is 56.5 Å². The fraction of sp³-hybridized carbons (Fsp3) is 0.417. The lowest BCUT2D eigenvalue weighted by molar-refractivity contribution is -0.132. The molecule has 0 radical (unpaired) electrons. The van der Waals surface area contributed by atoms with Crippen LogP contribution in [-0.2, 0) is 9.59 Å². The van der Waals surface area contributed by atoms with E-state index in [1.54, 1.807) is 24.1 Å². The lowest BCUT2D eigenvalue weighted by Crippen LogP contribution is -2.51. The Morgan fingerprint density at radius 3 is 2.13 bits per heavy atom. The number of hydrogen-bond acceptors (Lipinski definition) is 5. The zero-order chi connectivity index (χ0) is 22.5. The van der Waals surface area contributed by atoms with E-state index in [1.165, 1.54) is 5.56 Å². The Morgan fingerprint density at radius 1 is 0.968 bits per heavy atom. The molecule has 3 rings (SSSR count). The fourth-order valence-electron chi connectivity index (χ4n) is 4.07. The first kappa shape index (κ1) is 22.6. The maximum atomic E-state index is 12.7. The highest BCUT2D eigenvalue weighted by atomic mass is 16.3. The normalized spacial score (nSPS) is 14.1. The lowest BCUT2D eigenvalue weighted by atomic mass is 10.1. The van der Waals surface area contributed by atoms with Gasteiger partial charge in [-0.15, -0.1) is 0 Å². The molecular formula is C24H32N4O3. The fourth-order valence-corrected chi connectivity index (χ4v) is 4.07. The van der Waals surface area contributed by atoms with Crippen LogP contribution in [-0.4, -0.2) is 73.0 Å². The molecule has 0 atom stereocenters. The minimum atomic E-state index is -0.123. The molecule has 0 saturated carbocycles. The molecule has 0 spiro atoms. The van der Waals surface area contributed by atoms with E-state index in [-0.39, 0.29) is 30.7 Å². The molecule has 1 fully saturated rings. The molecule has 1 aliphatic rings. The van der Waals surface area contributed by atoms with Gasteiger partial charge in [0.1, 0.15) is 5.75 Å². The Kier molecular flexibility index (Phi) is 7.17. The zero-order valence-electron chi connectivity index (χ0n) is 18.8. The zero-order valence-corrected chi connectivity index (χ0v) is 18.8. The summed E-state index contributed by atoms with van der Waals surface area (Å²) in [5, 5.41) is 12.4. The van der Waals surface area contributed by atoms with Gasteiger partial charge in [0.15, 0.2) is 0 Å². The average molecular weight is 425 g/mol. The van der Waals surface area contributed by atoms with Crippen LogP contribution in [0.4, 0.5) is 11.4 Å². The highest BCUT2D eigenvalue weighted by Gasteiger charge is 2.23. The Balaban J connectivity index is 1.46. The van der Waals surface area contributed by atoms with Gasteiger partial charge >= 0.3 is 0 Å². The number of phenolic OH excluding ortho intramolecular Hbond substituents is 1. The number of aryl methyl sites for hydroxylation is 3. The number of piperazine rings is 1. The third-order valence-electron chi connectivity index (χ3n) is 5.61. The molecule has 166 valence electrons. The molecule has 7 heteroatoms. The van der Waals surface area contributed by atoms with E-state index in [2.05, 4.69) is 10.2 Å². The van der Waals surface area contributed by atoms with E-state index in [1.807, 2.05) is 49.9 Å². The second-order valence-electron chi connectivity index (χ2n) is 8.38. The summed E-state index contributed by atoms with van der Waals surface area (Å²) in [6.07, 6.45) is 0. The van der Waals surface area contributed by atoms with Gasteiger partial charge < -0.3 is 20.2 Å². The van der Waals surface area contributed by atoms with Gasteiger partial charge in [-0.05, 0) is 63.2 Å². The van der Waals surface area contributed by atoms with E-state index < -0.39 is 0 Å². The summed E-state index contributed by atoms with van der Waals surface area (Å²) in [5.74, 6) is 0.156. The van der Waals surface area contributed by atoms with E-state index >= 15 is 0 Å². The van der Waals surface area contributed by atoms with Gasteiger partial charge in [-0.25, -0.2) is 0 Å². The van der Waals surface area contributed by atoms with Crippen LogP contribution in [0.2, 0.25) is 0 Å². The molecule has 0 aromatic heterocycles. The minimum absolute atomic E-state index is 0.0309. The molecule has 7 nitrogen and oxygen atoms in total. The number of nitrogens with zero attached hydrogens (tertiary/aromatic N) is 3. The first-order valence-corrected chi connectivity index (χ1v) is 10.6. The van der Waals surface area contributed by atoms with Crippen LogP contribution in [0, 0.1) is 20.8 Å². The van der Waals surface area contributed by atoms with Crippen LogP contribution in [0.1, 0.15) is 16.7 Å². The van der Waals surface area contributed by atoms with Crippen molar-refractivity contribution in [3.63, 3.8) is 0 Å². The monoisotopic (exact) mass is 424 g/mol. The molecule has 2 aromatic rings. The number of benzene rings is 2. The summed E-state index contributed by atoms with van der Waals surface area (Å²) < 4.78 is 0. The molecule has 31 heavy (non-hydrogen) atoms. The Morgan fingerprint density at radius 2 is 1.55 bits per heavy atom. The van der Waals surface area contributed by atoms with E-state index in [0.29, 0.717) is 13.1 Å². The second kappa shape index (κ2) is 9.83. The van der Waals surface area contributed by atoms with Gasteiger partial charge in [0.05, 0.1) is 13.1 Å². The Labute approximate surface area is 184 Å². The second-order valence-corrected chi connectivity index (χ2v) is 8.38. The van der Waals surface area contributed by atoms with Crippen LogP contribution in [0.25, 0.3) is 0 Å². The number of nitrogens with one attached hydrogen (secondary N) is 1. The van der Waals surface area contributed by atoms with Gasteiger partial charge in [0.25, 0.3) is 0 Å². The molecule has 1 saturated heterocycles. The number of aromatic hydroxyl groups is 1. The molecule has 1 aliphatic heterocycles. The van der Waals surface area contributed by atoms with Crippen LogP contribution < -0.4 is 10.2 Å². The number of carbonyl (C=O) groups excluding carboxylic acids is 2. The molecule has 0 aliphatic carbocycles. The largest absolute Gasteiger partial charge is 0.508 e. The molecule has 1 heterocycles. The predicted octanol–water partition coefficient (Wildman–Crippen LogP) is 2.54. The van der Waals surface area contributed by atoms with Crippen molar-refractivity contribution < 1.29 is 14.7 Å². The quantitative estimate of drug-likeness (QED) is 0.745. The number of rotatable bonds is 6. The number of likely N-dealkylation sites (N-methyl/N-ethyl adjacent to an activating group) is 1. The van der Waals surface area contributed by atoms with E-state index in [4.69, 9.17) is 0 Å². The van der Waals surface area contributed by atoms with Crippen LogP contribution >= 0.6 is 0 Å². The van der Waals surface area contributed by atoms with Gasteiger partial charge in [0.2, 0.25) is 11.8 Å². The van der Waals surface area contributed by atoms with Crippen molar-refractivity contribution in [3.8, 4) is 5.75 Å². The summed E-state index contributed by atoms with van der Waals surface area (Å²) in [7, 11) is 1.79. The van der Waals surface area contributed by atoms with Crippen molar-refractivity contribution >= 4 is 23.2 Å². The number of amides is 2. The maximum absolute atomic E-state index is 12.7. The first-order chi connectivity index (χ1) is 14.7. The Bertz CT molecular complexity index is 911. The summed E-state index contributed by atoms with van der Waals surface area (Å²) in [5.41, 5.74) is 5.13.